The number of fused-ring (bicyclic) bond motifs is 1. The lowest BCUT2D eigenvalue weighted by atomic mass is 9.85. The zero-order valence-electron chi connectivity index (χ0n) is 24.4. The summed E-state index contributed by atoms with van der Waals surface area (Å²) in [6.45, 7) is 4.14. The third-order valence-corrected chi connectivity index (χ3v) is 7.54. The van der Waals surface area contributed by atoms with Gasteiger partial charge in [-0.25, -0.2) is 18.6 Å². The Labute approximate surface area is 264 Å². The third kappa shape index (κ3) is 9.22. The number of hydrogen-bond acceptors (Lipinski definition) is 7. The number of halogens is 7. The number of hydrogen-bond donors (Lipinski definition) is 4. The number of alkyl halides is 5. The number of amides is 2. The second-order valence-corrected chi connectivity index (χ2v) is 12.2. The second-order valence-electron chi connectivity index (χ2n) is 11.4. The van der Waals surface area contributed by atoms with Crippen LogP contribution in [0.3, 0.4) is 0 Å². The first-order valence-electron chi connectivity index (χ1n) is 13.9. The predicted molar refractivity (Wildman–Crippen MR) is 157 cm³/mol. The van der Waals surface area contributed by atoms with Gasteiger partial charge >= 0.3 is 12.3 Å². The molecular formula is C28H31Cl2F5N6O4. The van der Waals surface area contributed by atoms with Gasteiger partial charge in [-0.15, -0.1) is 0 Å². The van der Waals surface area contributed by atoms with Gasteiger partial charge in [-0.05, 0) is 64.2 Å². The average molecular weight is 681 g/mol. The maximum Gasteiger partial charge on any atom is 0.407 e. The molecule has 0 spiro atoms. The van der Waals surface area contributed by atoms with E-state index < -0.39 is 54.6 Å². The van der Waals surface area contributed by atoms with E-state index in [0.29, 0.717) is 5.56 Å². The van der Waals surface area contributed by atoms with E-state index in [9.17, 15) is 31.5 Å². The largest absolute Gasteiger partial charge is 0.471 e. The minimum atomic E-state index is -4.31. The molecule has 246 valence electrons. The quantitative estimate of drug-likeness (QED) is 0.172. The number of nitrogens with zero attached hydrogens (tertiary/aromatic N) is 2. The van der Waals surface area contributed by atoms with E-state index in [1.807, 2.05) is 0 Å². The molecule has 4 rings (SSSR count). The van der Waals surface area contributed by atoms with Gasteiger partial charge in [0.2, 0.25) is 11.8 Å². The maximum atomic E-state index is 13.1. The van der Waals surface area contributed by atoms with Crippen LogP contribution in [-0.2, 0) is 11.3 Å². The lowest BCUT2D eigenvalue weighted by Crippen LogP contribution is -2.40. The van der Waals surface area contributed by atoms with Crippen molar-refractivity contribution in [2.45, 2.75) is 77.2 Å². The molecule has 3 aromatic rings. The number of nitrogens with one attached hydrogen (secondary N) is 4. The summed E-state index contributed by atoms with van der Waals surface area (Å²) < 4.78 is 75.4. The van der Waals surface area contributed by atoms with Crippen LogP contribution >= 0.6 is 23.2 Å². The standard InChI is InChI=1S/C28H31Cl2F5N6O4/c1-27(2,3)45-26(43)36-11-13-4-9-17(29)21(20(13)30)39-25-38-18-10-16(24(40-22(18)41-25)44-12-19(31)32)23(42)37-15-7-5-14(6-8-15)28(33,34)35/h4,9-10,14-15,19H,5-8,11-12H2,1-3H3,(H,36,43)(H,37,42)(H2,38,39,40,41)/t14-,15-. The fourth-order valence-corrected chi connectivity index (χ4v) is 5.20. The normalized spacial score (nSPS) is 17.3. The lowest BCUT2D eigenvalue weighted by molar-refractivity contribution is -0.182. The van der Waals surface area contributed by atoms with Crippen LogP contribution in [-0.4, -0.2) is 57.8 Å². The molecular weight excluding hydrogens is 650 g/mol. The van der Waals surface area contributed by atoms with Crippen LogP contribution in [0.25, 0.3) is 11.2 Å². The van der Waals surface area contributed by atoms with Crippen LogP contribution in [0.4, 0.5) is 38.4 Å². The molecule has 2 aromatic heterocycles. The summed E-state index contributed by atoms with van der Waals surface area (Å²) in [5.41, 5.74) is 0.0148. The van der Waals surface area contributed by atoms with Crippen molar-refractivity contribution < 1.29 is 41.0 Å². The number of carbonyl (C=O) groups is 2. The molecule has 1 aliphatic carbocycles. The fourth-order valence-electron chi connectivity index (χ4n) is 4.67. The zero-order chi connectivity index (χ0) is 33.1. The van der Waals surface area contributed by atoms with E-state index in [2.05, 4.69) is 30.9 Å². The maximum absolute atomic E-state index is 13.1. The van der Waals surface area contributed by atoms with E-state index in [1.54, 1.807) is 32.9 Å². The summed E-state index contributed by atoms with van der Waals surface area (Å²) in [4.78, 5) is 36.6. The van der Waals surface area contributed by atoms with Crippen LogP contribution in [0.5, 0.6) is 5.88 Å². The van der Waals surface area contributed by atoms with Crippen molar-refractivity contribution in [1.29, 1.82) is 0 Å². The Morgan fingerprint density at radius 3 is 2.40 bits per heavy atom. The summed E-state index contributed by atoms with van der Waals surface area (Å²) in [5.74, 6) is -2.53. The minimum Gasteiger partial charge on any atom is -0.471 e. The number of aromatic nitrogens is 3. The Morgan fingerprint density at radius 1 is 1.09 bits per heavy atom. The number of rotatable bonds is 9. The molecule has 1 fully saturated rings. The van der Waals surface area contributed by atoms with E-state index in [0.717, 1.165) is 0 Å². The molecule has 0 unspecified atom stereocenters. The van der Waals surface area contributed by atoms with Gasteiger partial charge in [-0.3, -0.25) is 4.79 Å². The summed E-state index contributed by atoms with van der Waals surface area (Å²) in [6.07, 6.45) is -7.90. The molecule has 4 N–H and O–H groups in total. The van der Waals surface area contributed by atoms with E-state index in [1.165, 1.54) is 6.07 Å². The van der Waals surface area contributed by atoms with Crippen molar-refractivity contribution in [3.63, 3.8) is 0 Å². The fraction of sp³-hybridized carbons (Fsp3) is 0.500. The summed E-state index contributed by atoms with van der Waals surface area (Å²) in [7, 11) is 0. The van der Waals surface area contributed by atoms with Crippen molar-refractivity contribution in [1.82, 2.24) is 25.6 Å². The van der Waals surface area contributed by atoms with Gasteiger partial charge in [-0.2, -0.15) is 18.2 Å². The summed E-state index contributed by atoms with van der Waals surface area (Å²) in [5, 5.41) is 8.56. The number of pyridine rings is 1. The number of benzene rings is 1. The molecule has 0 aliphatic heterocycles. The first-order chi connectivity index (χ1) is 21.0. The lowest BCUT2D eigenvalue weighted by Gasteiger charge is -2.30. The Balaban J connectivity index is 1.54. The van der Waals surface area contributed by atoms with Gasteiger partial charge in [-0.1, -0.05) is 29.3 Å². The van der Waals surface area contributed by atoms with Crippen molar-refractivity contribution in [2.24, 2.45) is 5.92 Å². The smallest absolute Gasteiger partial charge is 0.407 e. The number of H-pyrrole nitrogens is 1. The van der Waals surface area contributed by atoms with Crippen molar-refractivity contribution in [3.8, 4) is 5.88 Å². The van der Waals surface area contributed by atoms with Crippen LogP contribution in [0, 0.1) is 5.92 Å². The summed E-state index contributed by atoms with van der Waals surface area (Å²) in [6, 6.07) is 3.88. The SMILES string of the molecule is CC(C)(C)OC(=O)NCc1ccc(Cl)c(Nc2nc3cc(C(=O)N[C@H]4CC[C@H](C(F)(F)F)CC4)c(OCC(F)F)nc3[nH]2)c1Cl. The van der Waals surface area contributed by atoms with E-state index in [4.69, 9.17) is 32.7 Å². The molecule has 1 aromatic carbocycles. The monoisotopic (exact) mass is 680 g/mol. The van der Waals surface area contributed by atoms with Crippen LogP contribution in [0.15, 0.2) is 18.2 Å². The Morgan fingerprint density at radius 2 is 1.78 bits per heavy atom. The van der Waals surface area contributed by atoms with Crippen molar-refractivity contribution in [3.05, 3.63) is 39.4 Å². The molecule has 1 saturated carbocycles. The van der Waals surface area contributed by atoms with Gasteiger partial charge in [0, 0.05) is 12.6 Å². The average Bonchev–Trinajstić information content (AvgIpc) is 3.33. The van der Waals surface area contributed by atoms with Crippen molar-refractivity contribution >= 4 is 58.0 Å². The highest BCUT2D eigenvalue weighted by molar-refractivity contribution is 6.39. The van der Waals surface area contributed by atoms with Gasteiger partial charge < -0.3 is 30.4 Å². The molecule has 0 radical (unpaired) electrons. The highest BCUT2D eigenvalue weighted by atomic mass is 35.5. The molecule has 10 nitrogen and oxygen atoms in total. The molecule has 0 bridgehead atoms. The Hall–Kier alpha value is -3.59. The number of imidazole rings is 1. The van der Waals surface area contributed by atoms with Crippen LogP contribution in [0.2, 0.25) is 10.0 Å². The zero-order valence-corrected chi connectivity index (χ0v) is 25.9. The Bertz CT molecular complexity index is 1540. The number of anilines is 2. The first kappa shape index (κ1) is 34.3. The first-order valence-corrected chi connectivity index (χ1v) is 14.7. The number of aromatic amines is 1. The van der Waals surface area contributed by atoms with Gasteiger partial charge in [0.25, 0.3) is 12.3 Å². The topological polar surface area (TPSA) is 130 Å². The Kier molecular flexibility index (Phi) is 10.5. The van der Waals surface area contributed by atoms with E-state index in [-0.39, 0.29) is 70.6 Å². The molecule has 2 heterocycles. The van der Waals surface area contributed by atoms with Gasteiger partial charge in [0.1, 0.15) is 16.7 Å². The number of carbonyl (C=O) groups excluding carboxylic acids is 2. The second kappa shape index (κ2) is 13.8. The molecule has 0 saturated heterocycles. The van der Waals surface area contributed by atoms with Crippen molar-refractivity contribution in [2.75, 3.05) is 11.9 Å². The summed E-state index contributed by atoms with van der Waals surface area (Å²) >= 11 is 12.9. The highest BCUT2D eigenvalue weighted by Gasteiger charge is 2.41. The van der Waals surface area contributed by atoms with Crippen LogP contribution < -0.4 is 20.7 Å². The molecule has 45 heavy (non-hydrogen) atoms. The third-order valence-electron chi connectivity index (χ3n) is 6.79. The highest BCUT2D eigenvalue weighted by Crippen LogP contribution is 2.38. The predicted octanol–water partition coefficient (Wildman–Crippen LogP) is 7.53. The molecule has 17 heteroatoms. The molecule has 1 aliphatic rings. The molecule has 0 atom stereocenters. The molecule has 2 amide bonds. The van der Waals surface area contributed by atoms with Gasteiger partial charge in [0.05, 0.1) is 21.7 Å². The number of ether oxygens (including phenoxy) is 2. The van der Waals surface area contributed by atoms with Gasteiger partial charge in [0.15, 0.2) is 12.3 Å². The van der Waals surface area contributed by atoms with E-state index >= 15 is 0 Å². The minimum absolute atomic E-state index is 0.0163. The van der Waals surface area contributed by atoms with Crippen LogP contribution in [0.1, 0.15) is 62.4 Å². The number of alkyl carbamates (subject to hydrolysis) is 1.